The first-order valence-corrected chi connectivity index (χ1v) is 6.87. The van der Waals surface area contributed by atoms with Gasteiger partial charge in [-0.05, 0) is 37.3 Å². The molecule has 1 amide bonds. The molecule has 2 nitrogen and oxygen atoms in total. The third kappa shape index (κ3) is 3.10. The Kier molecular flexibility index (Phi) is 3.86. The van der Waals surface area contributed by atoms with Crippen LogP contribution in [0.25, 0.3) is 0 Å². The van der Waals surface area contributed by atoms with E-state index in [4.69, 9.17) is 6.42 Å². The van der Waals surface area contributed by atoms with Gasteiger partial charge in [0.1, 0.15) is 0 Å². The van der Waals surface area contributed by atoms with E-state index in [1.54, 1.807) is 11.3 Å². The fraction of sp³-hybridized carbons (Fsp3) is 0.500. The van der Waals surface area contributed by atoms with Crippen LogP contribution in [0.1, 0.15) is 34.3 Å². The monoisotopic (exact) mass is 247 g/mol. The molecule has 17 heavy (non-hydrogen) atoms. The first-order chi connectivity index (χ1) is 8.24. The van der Waals surface area contributed by atoms with Crippen LogP contribution in [0.2, 0.25) is 0 Å². The Hall–Kier alpha value is -1.27. The molecule has 1 aromatic rings. The molecule has 1 aliphatic rings. The van der Waals surface area contributed by atoms with Crippen LogP contribution in [0.3, 0.4) is 0 Å². The molecule has 0 atom stereocenters. The number of hydrogen-bond acceptors (Lipinski definition) is 2. The molecule has 1 saturated carbocycles. The van der Waals surface area contributed by atoms with Gasteiger partial charge in [-0.1, -0.05) is 12.8 Å². The molecular formula is C14H17NOS. The molecule has 0 spiro atoms. The van der Waals surface area contributed by atoms with Crippen molar-refractivity contribution in [2.45, 2.75) is 26.2 Å². The Balaban J connectivity index is 2.06. The summed E-state index contributed by atoms with van der Waals surface area (Å²) in [5.74, 6) is 3.36. The SMILES string of the molecule is C#CCN(CC1CC1)C(=O)c1ccc(CC)s1. The molecule has 0 radical (unpaired) electrons. The van der Waals surface area contributed by atoms with Crippen molar-refractivity contribution >= 4 is 17.2 Å². The number of aryl methyl sites for hydroxylation is 1. The van der Waals surface area contributed by atoms with Crippen molar-refractivity contribution in [1.82, 2.24) is 4.90 Å². The van der Waals surface area contributed by atoms with E-state index in [2.05, 4.69) is 12.8 Å². The van der Waals surface area contributed by atoms with Crippen molar-refractivity contribution in [2.75, 3.05) is 13.1 Å². The van der Waals surface area contributed by atoms with Gasteiger partial charge in [0.05, 0.1) is 11.4 Å². The van der Waals surface area contributed by atoms with Crippen molar-refractivity contribution in [3.63, 3.8) is 0 Å². The third-order valence-electron chi connectivity index (χ3n) is 2.97. The lowest BCUT2D eigenvalue weighted by Crippen LogP contribution is -2.32. The summed E-state index contributed by atoms with van der Waals surface area (Å²) in [5.41, 5.74) is 0. The molecule has 90 valence electrons. The molecule has 1 aromatic heterocycles. The van der Waals surface area contributed by atoms with Gasteiger partial charge >= 0.3 is 0 Å². The van der Waals surface area contributed by atoms with Crippen LogP contribution in [0.4, 0.5) is 0 Å². The molecule has 0 aromatic carbocycles. The summed E-state index contributed by atoms with van der Waals surface area (Å²) < 4.78 is 0. The van der Waals surface area contributed by atoms with Crippen LogP contribution < -0.4 is 0 Å². The van der Waals surface area contributed by atoms with Crippen molar-refractivity contribution in [2.24, 2.45) is 5.92 Å². The predicted octanol–water partition coefficient (Wildman–Crippen LogP) is 2.80. The summed E-state index contributed by atoms with van der Waals surface area (Å²) in [6, 6.07) is 3.95. The van der Waals surface area contributed by atoms with Gasteiger partial charge in [-0.3, -0.25) is 4.79 Å². The molecule has 2 rings (SSSR count). The van der Waals surface area contributed by atoms with E-state index in [1.807, 2.05) is 17.0 Å². The Bertz CT molecular complexity index is 439. The van der Waals surface area contributed by atoms with E-state index < -0.39 is 0 Å². The Morgan fingerprint density at radius 3 is 2.88 bits per heavy atom. The Morgan fingerprint density at radius 1 is 1.59 bits per heavy atom. The van der Waals surface area contributed by atoms with E-state index in [1.165, 1.54) is 17.7 Å². The molecule has 3 heteroatoms. The standard InChI is InChI=1S/C14H17NOS/c1-3-9-15(10-11-5-6-11)14(16)13-8-7-12(4-2)17-13/h1,7-8,11H,4-6,9-10H2,2H3. The average Bonchev–Trinajstić information content (AvgIpc) is 3.02. The second kappa shape index (κ2) is 5.37. The number of thiophene rings is 1. The zero-order valence-corrected chi connectivity index (χ0v) is 10.9. The van der Waals surface area contributed by atoms with Gasteiger partial charge < -0.3 is 4.90 Å². The highest BCUT2D eigenvalue weighted by Gasteiger charge is 2.27. The molecule has 0 bridgehead atoms. The minimum atomic E-state index is 0.0968. The van der Waals surface area contributed by atoms with E-state index in [9.17, 15) is 4.79 Å². The van der Waals surface area contributed by atoms with Crippen LogP contribution in [0, 0.1) is 18.3 Å². The first kappa shape index (κ1) is 12.2. The fourth-order valence-corrected chi connectivity index (χ4v) is 2.70. The highest BCUT2D eigenvalue weighted by molar-refractivity contribution is 7.14. The number of amides is 1. The van der Waals surface area contributed by atoms with Gasteiger partial charge in [0.2, 0.25) is 0 Å². The van der Waals surface area contributed by atoms with Gasteiger partial charge in [-0.15, -0.1) is 17.8 Å². The van der Waals surface area contributed by atoms with Gasteiger partial charge in [0.25, 0.3) is 5.91 Å². The summed E-state index contributed by atoms with van der Waals surface area (Å²) in [6.07, 6.45) is 8.78. The van der Waals surface area contributed by atoms with Gasteiger partial charge in [0, 0.05) is 11.4 Å². The molecule has 0 aliphatic heterocycles. The number of carbonyl (C=O) groups excluding carboxylic acids is 1. The van der Waals surface area contributed by atoms with Crippen LogP contribution in [0.15, 0.2) is 12.1 Å². The zero-order chi connectivity index (χ0) is 12.3. The maximum atomic E-state index is 12.3. The minimum Gasteiger partial charge on any atom is -0.327 e. The smallest absolute Gasteiger partial charge is 0.264 e. The van der Waals surface area contributed by atoms with Crippen LogP contribution >= 0.6 is 11.3 Å². The largest absolute Gasteiger partial charge is 0.327 e. The maximum Gasteiger partial charge on any atom is 0.264 e. The predicted molar refractivity (Wildman–Crippen MR) is 71.2 cm³/mol. The topological polar surface area (TPSA) is 20.3 Å². The minimum absolute atomic E-state index is 0.0968. The molecular weight excluding hydrogens is 230 g/mol. The fourth-order valence-electron chi connectivity index (χ4n) is 1.78. The Labute approximate surface area is 107 Å². The van der Waals surface area contributed by atoms with Crippen molar-refractivity contribution in [1.29, 1.82) is 0 Å². The average molecular weight is 247 g/mol. The molecule has 1 heterocycles. The number of hydrogen-bond donors (Lipinski definition) is 0. The lowest BCUT2D eigenvalue weighted by molar-refractivity contribution is 0.0774. The van der Waals surface area contributed by atoms with Gasteiger partial charge in [-0.2, -0.15) is 0 Å². The summed E-state index contributed by atoms with van der Waals surface area (Å²) >= 11 is 1.58. The van der Waals surface area contributed by atoms with Crippen LogP contribution in [0.5, 0.6) is 0 Å². The summed E-state index contributed by atoms with van der Waals surface area (Å²) in [4.78, 5) is 16.1. The molecule has 0 N–H and O–H groups in total. The van der Waals surface area contributed by atoms with Gasteiger partial charge in [-0.25, -0.2) is 0 Å². The van der Waals surface area contributed by atoms with E-state index in [0.717, 1.165) is 17.8 Å². The highest BCUT2D eigenvalue weighted by Crippen LogP contribution is 2.30. The number of carbonyl (C=O) groups is 1. The molecule has 1 fully saturated rings. The zero-order valence-electron chi connectivity index (χ0n) is 10.1. The summed E-state index contributed by atoms with van der Waals surface area (Å²) in [6.45, 7) is 3.35. The van der Waals surface area contributed by atoms with Crippen molar-refractivity contribution < 1.29 is 4.79 Å². The number of rotatable bonds is 5. The van der Waals surface area contributed by atoms with Crippen LogP contribution in [-0.2, 0) is 6.42 Å². The van der Waals surface area contributed by atoms with E-state index in [-0.39, 0.29) is 5.91 Å². The second-order valence-electron chi connectivity index (χ2n) is 4.45. The second-order valence-corrected chi connectivity index (χ2v) is 5.62. The van der Waals surface area contributed by atoms with Gasteiger partial charge in [0.15, 0.2) is 0 Å². The normalized spacial score (nSPS) is 14.4. The van der Waals surface area contributed by atoms with Crippen molar-refractivity contribution in [3.05, 3.63) is 21.9 Å². The van der Waals surface area contributed by atoms with Crippen molar-refractivity contribution in [3.8, 4) is 12.3 Å². The van der Waals surface area contributed by atoms with E-state index in [0.29, 0.717) is 12.5 Å². The van der Waals surface area contributed by atoms with Crippen LogP contribution in [-0.4, -0.2) is 23.9 Å². The van der Waals surface area contributed by atoms with E-state index >= 15 is 0 Å². The first-order valence-electron chi connectivity index (χ1n) is 6.06. The molecule has 0 unspecified atom stereocenters. The quantitative estimate of drug-likeness (QED) is 0.733. The summed E-state index contributed by atoms with van der Waals surface area (Å²) in [5, 5.41) is 0. The summed E-state index contributed by atoms with van der Waals surface area (Å²) in [7, 11) is 0. The highest BCUT2D eigenvalue weighted by atomic mass is 32.1. The maximum absolute atomic E-state index is 12.3. The molecule has 1 aliphatic carbocycles. The number of nitrogens with zero attached hydrogens (tertiary/aromatic N) is 1. The third-order valence-corrected chi connectivity index (χ3v) is 4.18. The molecule has 0 saturated heterocycles. The Morgan fingerprint density at radius 2 is 2.35 bits per heavy atom. The number of terminal acetylenes is 1. The lowest BCUT2D eigenvalue weighted by atomic mass is 10.3. The lowest BCUT2D eigenvalue weighted by Gasteiger charge is -2.19.